The fourth-order valence-corrected chi connectivity index (χ4v) is 2.24. The lowest BCUT2D eigenvalue weighted by Gasteiger charge is -2.36. The molecular formula is C13H21N3. The molecular weight excluding hydrogens is 198 g/mol. The Labute approximate surface area is 97.8 Å². The molecule has 3 heteroatoms. The van der Waals surface area contributed by atoms with Crippen molar-refractivity contribution in [3.05, 3.63) is 35.9 Å². The second-order valence-corrected chi connectivity index (χ2v) is 4.25. The number of piperazine rings is 1. The zero-order chi connectivity index (χ0) is 11.2. The van der Waals surface area contributed by atoms with Crippen LogP contribution in [0.25, 0.3) is 0 Å². The van der Waals surface area contributed by atoms with Crippen LogP contribution in [0.3, 0.4) is 0 Å². The van der Waals surface area contributed by atoms with Gasteiger partial charge in [-0.05, 0) is 12.0 Å². The molecule has 0 bridgehead atoms. The van der Waals surface area contributed by atoms with E-state index in [0.717, 1.165) is 32.6 Å². The largest absolute Gasteiger partial charge is 0.314 e. The van der Waals surface area contributed by atoms with Crippen molar-refractivity contribution in [1.82, 2.24) is 15.8 Å². The molecule has 1 aromatic carbocycles. The first-order valence-electron chi connectivity index (χ1n) is 6.15. The molecule has 1 fully saturated rings. The van der Waals surface area contributed by atoms with E-state index >= 15 is 0 Å². The van der Waals surface area contributed by atoms with E-state index in [-0.39, 0.29) is 0 Å². The monoisotopic (exact) mass is 219 g/mol. The maximum Gasteiger partial charge on any atom is 0.0409 e. The molecule has 2 rings (SSSR count). The van der Waals surface area contributed by atoms with Crippen molar-refractivity contribution in [2.75, 3.05) is 26.2 Å². The Morgan fingerprint density at radius 2 is 2.19 bits per heavy atom. The zero-order valence-electron chi connectivity index (χ0n) is 9.95. The van der Waals surface area contributed by atoms with Crippen molar-refractivity contribution in [3.63, 3.8) is 0 Å². The van der Waals surface area contributed by atoms with Crippen LogP contribution in [0, 0.1) is 0 Å². The fourth-order valence-electron chi connectivity index (χ4n) is 2.24. The van der Waals surface area contributed by atoms with E-state index in [1.165, 1.54) is 5.56 Å². The third kappa shape index (κ3) is 3.04. The number of hydrogen-bond acceptors (Lipinski definition) is 3. The average molecular weight is 219 g/mol. The molecule has 88 valence electrons. The maximum atomic E-state index is 3.46. The number of benzene rings is 1. The molecule has 1 saturated heterocycles. The SMILES string of the molecule is CCNN1CCNCC1Cc1ccccc1. The van der Waals surface area contributed by atoms with Gasteiger partial charge in [-0.2, -0.15) is 0 Å². The van der Waals surface area contributed by atoms with Gasteiger partial charge in [-0.3, -0.25) is 5.43 Å². The van der Waals surface area contributed by atoms with E-state index in [1.54, 1.807) is 0 Å². The van der Waals surface area contributed by atoms with Gasteiger partial charge >= 0.3 is 0 Å². The second kappa shape index (κ2) is 5.99. The molecule has 1 unspecified atom stereocenters. The summed E-state index contributed by atoms with van der Waals surface area (Å²) in [6.07, 6.45) is 1.11. The van der Waals surface area contributed by atoms with Crippen LogP contribution in [-0.4, -0.2) is 37.2 Å². The van der Waals surface area contributed by atoms with E-state index in [2.05, 4.69) is 53.0 Å². The molecule has 0 aromatic heterocycles. The van der Waals surface area contributed by atoms with Crippen LogP contribution in [0.4, 0.5) is 0 Å². The first-order valence-corrected chi connectivity index (χ1v) is 6.15. The van der Waals surface area contributed by atoms with Crippen LogP contribution < -0.4 is 10.7 Å². The first-order chi connectivity index (χ1) is 7.90. The van der Waals surface area contributed by atoms with Crippen LogP contribution in [0.5, 0.6) is 0 Å². The van der Waals surface area contributed by atoms with Crippen LogP contribution in [0.1, 0.15) is 12.5 Å². The van der Waals surface area contributed by atoms with Crippen molar-refractivity contribution in [3.8, 4) is 0 Å². The van der Waals surface area contributed by atoms with Gasteiger partial charge in [0, 0.05) is 32.2 Å². The Hall–Kier alpha value is -0.900. The first kappa shape index (κ1) is 11.6. The molecule has 0 aliphatic carbocycles. The average Bonchev–Trinajstić information content (AvgIpc) is 2.33. The summed E-state index contributed by atoms with van der Waals surface area (Å²) in [7, 11) is 0. The highest BCUT2D eigenvalue weighted by atomic mass is 15.5. The van der Waals surface area contributed by atoms with Crippen molar-refractivity contribution >= 4 is 0 Å². The predicted molar refractivity (Wildman–Crippen MR) is 67.2 cm³/mol. The fraction of sp³-hybridized carbons (Fsp3) is 0.538. The minimum Gasteiger partial charge on any atom is -0.314 e. The lowest BCUT2D eigenvalue weighted by molar-refractivity contribution is 0.0998. The van der Waals surface area contributed by atoms with E-state index < -0.39 is 0 Å². The topological polar surface area (TPSA) is 27.3 Å². The normalized spacial score (nSPS) is 22.2. The van der Waals surface area contributed by atoms with Gasteiger partial charge in [-0.25, -0.2) is 5.01 Å². The molecule has 16 heavy (non-hydrogen) atoms. The highest BCUT2D eigenvalue weighted by Crippen LogP contribution is 2.08. The van der Waals surface area contributed by atoms with E-state index in [9.17, 15) is 0 Å². The van der Waals surface area contributed by atoms with Crippen LogP contribution in [0.2, 0.25) is 0 Å². The molecule has 3 nitrogen and oxygen atoms in total. The predicted octanol–water partition coefficient (Wildman–Crippen LogP) is 1.03. The molecule has 1 aliphatic heterocycles. The second-order valence-electron chi connectivity index (χ2n) is 4.25. The van der Waals surface area contributed by atoms with Crippen LogP contribution in [0.15, 0.2) is 30.3 Å². The Morgan fingerprint density at radius 3 is 2.94 bits per heavy atom. The number of hydrogen-bond donors (Lipinski definition) is 2. The smallest absolute Gasteiger partial charge is 0.0409 e. The van der Waals surface area contributed by atoms with Gasteiger partial charge in [0.15, 0.2) is 0 Å². The van der Waals surface area contributed by atoms with Gasteiger partial charge in [-0.1, -0.05) is 37.3 Å². The Bertz CT molecular complexity index is 297. The van der Waals surface area contributed by atoms with Crippen molar-refractivity contribution in [2.45, 2.75) is 19.4 Å². The van der Waals surface area contributed by atoms with Gasteiger partial charge in [-0.15, -0.1) is 0 Å². The Morgan fingerprint density at radius 1 is 1.38 bits per heavy atom. The molecule has 1 heterocycles. The summed E-state index contributed by atoms with van der Waals surface area (Å²) in [5.41, 5.74) is 4.86. The van der Waals surface area contributed by atoms with Crippen LogP contribution in [-0.2, 0) is 6.42 Å². The molecule has 0 radical (unpaired) electrons. The van der Waals surface area contributed by atoms with Crippen molar-refractivity contribution < 1.29 is 0 Å². The third-order valence-corrected chi connectivity index (χ3v) is 3.03. The highest BCUT2D eigenvalue weighted by molar-refractivity contribution is 5.16. The minimum absolute atomic E-state index is 0.566. The molecule has 0 amide bonds. The maximum absolute atomic E-state index is 3.46. The summed E-state index contributed by atoms with van der Waals surface area (Å²) in [6, 6.07) is 11.3. The number of rotatable bonds is 4. The van der Waals surface area contributed by atoms with Crippen LogP contribution >= 0.6 is 0 Å². The summed E-state index contributed by atoms with van der Waals surface area (Å²) < 4.78 is 0. The minimum atomic E-state index is 0.566. The quantitative estimate of drug-likeness (QED) is 0.792. The summed E-state index contributed by atoms with van der Waals surface area (Å²) >= 11 is 0. The van der Waals surface area contributed by atoms with E-state index in [1.807, 2.05) is 0 Å². The number of hydrazine groups is 1. The molecule has 1 atom stereocenters. The zero-order valence-corrected chi connectivity index (χ0v) is 9.95. The van der Waals surface area contributed by atoms with Gasteiger partial charge in [0.25, 0.3) is 0 Å². The molecule has 0 spiro atoms. The molecule has 1 aliphatic rings. The summed E-state index contributed by atoms with van der Waals surface area (Å²) in [5.74, 6) is 0. The summed E-state index contributed by atoms with van der Waals surface area (Å²) in [6.45, 7) is 6.40. The van der Waals surface area contributed by atoms with E-state index in [4.69, 9.17) is 0 Å². The Balaban J connectivity index is 1.96. The molecule has 2 N–H and O–H groups in total. The third-order valence-electron chi connectivity index (χ3n) is 3.03. The standard InChI is InChI=1S/C13H21N3/c1-2-15-16-9-8-14-11-13(16)10-12-6-4-3-5-7-12/h3-7,13-15H,2,8-11H2,1H3. The highest BCUT2D eigenvalue weighted by Gasteiger charge is 2.21. The van der Waals surface area contributed by atoms with Gasteiger partial charge < -0.3 is 5.32 Å². The van der Waals surface area contributed by atoms with E-state index in [0.29, 0.717) is 6.04 Å². The lowest BCUT2D eigenvalue weighted by Crippen LogP contribution is -2.57. The van der Waals surface area contributed by atoms with Gasteiger partial charge in [0.2, 0.25) is 0 Å². The number of nitrogens with one attached hydrogen (secondary N) is 2. The van der Waals surface area contributed by atoms with Crippen molar-refractivity contribution in [1.29, 1.82) is 0 Å². The molecule has 0 saturated carbocycles. The van der Waals surface area contributed by atoms with Gasteiger partial charge in [0.1, 0.15) is 0 Å². The van der Waals surface area contributed by atoms with Crippen molar-refractivity contribution in [2.24, 2.45) is 0 Å². The summed E-state index contributed by atoms with van der Waals surface area (Å²) in [5, 5.41) is 5.84. The summed E-state index contributed by atoms with van der Waals surface area (Å²) in [4.78, 5) is 0. The molecule has 1 aromatic rings. The number of nitrogens with zero attached hydrogens (tertiary/aromatic N) is 1. The van der Waals surface area contributed by atoms with Gasteiger partial charge in [0.05, 0.1) is 0 Å². The Kier molecular flexibility index (Phi) is 4.34. The lowest BCUT2D eigenvalue weighted by atomic mass is 10.0.